The zero-order valence-electron chi connectivity index (χ0n) is 13.8. The number of hydrogen-bond donors (Lipinski definition) is 2. The van der Waals surface area contributed by atoms with Gasteiger partial charge >= 0.3 is 0 Å². The van der Waals surface area contributed by atoms with Crippen LogP contribution >= 0.6 is 0 Å². The average molecular weight is 331 g/mol. The number of aliphatic hydroxyl groups is 2. The van der Waals surface area contributed by atoms with E-state index < -0.39 is 23.2 Å². The Morgan fingerprint density at radius 2 is 2.17 bits per heavy atom. The molecule has 0 amide bonds. The number of ketones is 1. The van der Waals surface area contributed by atoms with Gasteiger partial charge in [0.1, 0.15) is 5.60 Å². The zero-order chi connectivity index (χ0) is 16.9. The molecular formula is C18H21NO5. The number of benzene rings is 1. The van der Waals surface area contributed by atoms with Crippen molar-refractivity contribution in [2.45, 2.75) is 48.5 Å². The van der Waals surface area contributed by atoms with Crippen LogP contribution in [0.1, 0.15) is 24.0 Å². The van der Waals surface area contributed by atoms with Crippen molar-refractivity contribution in [3.05, 3.63) is 23.3 Å². The van der Waals surface area contributed by atoms with Gasteiger partial charge < -0.3 is 24.6 Å². The highest BCUT2D eigenvalue weighted by Crippen LogP contribution is 2.64. The summed E-state index contributed by atoms with van der Waals surface area (Å²) in [5, 5.41) is 22.5. The van der Waals surface area contributed by atoms with Gasteiger partial charge in [0.15, 0.2) is 23.4 Å². The fourth-order valence-electron chi connectivity index (χ4n) is 5.73. The summed E-state index contributed by atoms with van der Waals surface area (Å²) in [6.07, 6.45) is -0.686. The molecule has 6 heteroatoms. The summed E-state index contributed by atoms with van der Waals surface area (Å²) in [5.74, 6) is 1.02. The molecule has 4 aliphatic rings. The first-order valence-electron chi connectivity index (χ1n) is 8.45. The molecule has 24 heavy (non-hydrogen) atoms. The molecule has 2 aliphatic carbocycles. The molecule has 1 unspecified atom stereocenters. The van der Waals surface area contributed by atoms with Crippen LogP contribution < -0.4 is 9.47 Å². The van der Waals surface area contributed by atoms with Gasteiger partial charge in [-0.25, -0.2) is 0 Å². The number of rotatable bonds is 1. The molecule has 6 nitrogen and oxygen atoms in total. The van der Waals surface area contributed by atoms with Crippen LogP contribution in [0.5, 0.6) is 11.5 Å². The molecule has 0 aromatic heterocycles. The van der Waals surface area contributed by atoms with E-state index in [1.165, 1.54) is 0 Å². The van der Waals surface area contributed by atoms with E-state index in [9.17, 15) is 15.0 Å². The number of carbonyl (C=O) groups excluding carboxylic acids is 1. The molecule has 5 rings (SSSR count). The van der Waals surface area contributed by atoms with Gasteiger partial charge in [0.2, 0.25) is 0 Å². The lowest BCUT2D eigenvalue weighted by atomic mass is 9.48. The molecule has 1 aromatic rings. The first kappa shape index (κ1) is 14.7. The first-order chi connectivity index (χ1) is 11.4. The van der Waals surface area contributed by atoms with E-state index in [0.717, 1.165) is 17.7 Å². The third-order valence-electron chi connectivity index (χ3n) is 6.78. The number of likely N-dealkylation sites (tertiary alicyclic amines) is 1. The summed E-state index contributed by atoms with van der Waals surface area (Å²) in [4.78, 5) is 14.8. The summed E-state index contributed by atoms with van der Waals surface area (Å²) >= 11 is 0. The Morgan fingerprint density at radius 1 is 1.38 bits per heavy atom. The summed E-state index contributed by atoms with van der Waals surface area (Å²) in [5.41, 5.74) is -0.304. The number of Topliss-reactive ketones (excluding diaryl/α,β-unsaturated/α-hetero) is 1. The summed E-state index contributed by atoms with van der Waals surface area (Å²) in [6, 6.07) is 3.64. The second-order valence-corrected chi connectivity index (χ2v) is 7.56. The number of aliphatic hydroxyl groups excluding tert-OH is 1. The number of nitrogens with zero attached hydrogens (tertiary/aromatic N) is 1. The lowest BCUT2D eigenvalue weighted by molar-refractivity contribution is -0.226. The van der Waals surface area contributed by atoms with Gasteiger partial charge in [-0.1, -0.05) is 6.07 Å². The average Bonchev–Trinajstić information content (AvgIpc) is 2.91. The highest BCUT2D eigenvalue weighted by atomic mass is 16.5. The van der Waals surface area contributed by atoms with E-state index in [0.29, 0.717) is 24.3 Å². The third-order valence-corrected chi connectivity index (χ3v) is 6.78. The Morgan fingerprint density at radius 3 is 2.92 bits per heavy atom. The number of piperidine rings is 1. The predicted octanol–water partition coefficient (Wildman–Crippen LogP) is 0.0190. The zero-order valence-corrected chi connectivity index (χ0v) is 13.8. The van der Waals surface area contributed by atoms with Crippen molar-refractivity contribution in [2.24, 2.45) is 0 Å². The van der Waals surface area contributed by atoms with E-state index in [4.69, 9.17) is 9.47 Å². The molecule has 2 N–H and O–H groups in total. The fourth-order valence-corrected chi connectivity index (χ4v) is 5.73. The van der Waals surface area contributed by atoms with Crippen molar-refractivity contribution < 1.29 is 24.5 Å². The summed E-state index contributed by atoms with van der Waals surface area (Å²) in [7, 11) is 3.54. The van der Waals surface area contributed by atoms with Crippen molar-refractivity contribution in [1.29, 1.82) is 0 Å². The van der Waals surface area contributed by atoms with Crippen LogP contribution in [-0.4, -0.2) is 65.4 Å². The largest absolute Gasteiger partial charge is 0.493 e. The van der Waals surface area contributed by atoms with E-state index in [1.807, 2.05) is 19.2 Å². The minimum atomic E-state index is -1.39. The normalized spacial score (nSPS) is 42.5. The molecule has 2 heterocycles. The van der Waals surface area contributed by atoms with Crippen molar-refractivity contribution in [3.63, 3.8) is 0 Å². The Kier molecular flexibility index (Phi) is 2.64. The van der Waals surface area contributed by atoms with Crippen molar-refractivity contribution in [2.75, 3.05) is 20.7 Å². The smallest absolute Gasteiger partial charge is 0.177 e. The highest BCUT2D eigenvalue weighted by molar-refractivity contribution is 5.90. The Balaban J connectivity index is 1.87. The van der Waals surface area contributed by atoms with E-state index in [1.54, 1.807) is 7.11 Å². The molecule has 5 atom stereocenters. The van der Waals surface area contributed by atoms with Gasteiger partial charge in [0.25, 0.3) is 0 Å². The Hall–Kier alpha value is -1.63. The van der Waals surface area contributed by atoms with Gasteiger partial charge in [0.05, 0.1) is 18.6 Å². The molecule has 2 fully saturated rings. The topological polar surface area (TPSA) is 79.2 Å². The maximum absolute atomic E-state index is 12.7. The van der Waals surface area contributed by atoms with Gasteiger partial charge in [-0.3, -0.25) is 4.79 Å². The second-order valence-electron chi connectivity index (χ2n) is 7.56. The van der Waals surface area contributed by atoms with Crippen LogP contribution in [0.15, 0.2) is 12.1 Å². The molecule has 0 radical (unpaired) electrons. The van der Waals surface area contributed by atoms with Gasteiger partial charge in [0, 0.05) is 18.0 Å². The SMILES string of the molecule is COc1ccc2c3c1O[C@H]1C(=O)C[C@H](O)[C@@]4(O)[C@@H](C2)N(C)CCC314. The van der Waals surface area contributed by atoms with Gasteiger partial charge in [-0.15, -0.1) is 0 Å². The first-order valence-corrected chi connectivity index (χ1v) is 8.45. The Bertz CT molecular complexity index is 764. The van der Waals surface area contributed by atoms with Crippen LogP contribution in [0.3, 0.4) is 0 Å². The number of methoxy groups -OCH3 is 1. The maximum Gasteiger partial charge on any atom is 0.177 e. The van der Waals surface area contributed by atoms with Gasteiger partial charge in [-0.2, -0.15) is 0 Å². The second kappa shape index (κ2) is 4.31. The number of carbonyl (C=O) groups is 1. The number of likely N-dealkylation sites (N-methyl/N-ethyl adjacent to an activating group) is 1. The van der Waals surface area contributed by atoms with Crippen LogP contribution in [0, 0.1) is 0 Å². The maximum atomic E-state index is 12.7. The standard InChI is InChI=1S/C18H21NO5/c1-19-6-5-17-14-9-3-4-11(23-2)15(14)24-16(17)10(20)8-13(21)18(17,22)12(19)7-9/h3-4,12-13,16,21-22H,5-8H2,1-2H3/t12-,13+,16+,17?,18+/m1/s1. The van der Waals surface area contributed by atoms with Crippen molar-refractivity contribution in [3.8, 4) is 11.5 Å². The van der Waals surface area contributed by atoms with Crippen LogP contribution in [-0.2, 0) is 16.6 Å². The number of ether oxygens (including phenoxy) is 2. The molecule has 1 saturated heterocycles. The molecular weight excluding hydrogens is 310 g/mol. The lowest BCUT2D eigenvalue weighted by Gasteiger charge is -2.63. The van der Waals surface area contributed by atoms with Crippen LogP contribution in [0.4, 0.5) is 0 Å². The van der Waals surface area contributed by atoms with Crippen molar-refractivity contribution >= 4 is 5.78 Å². The third kappa shape index (κ3) is 1.31. The fraction of sp³-hybridized carbons (Fsp3) is 0.611. The summed E-state index contributed by atoms with van der Waals surface area (Å²) < 4.78 is 11.5. The Labute approximate surface area is 140 Å². The lowest BCUT2D eigenvalue weighted by Crippen LogP contribution is -2.80. The quantitative estimate of drug-likeness (QED) is 0.755. The molecule has 1 spiro atoms. The van der Waals surface area contributed by atoms with E-state index in [2.05, 4.69) is 4.90 Å². The molecule has 2 bridgehead atoms. The number of hydrogen-bond acceptors (Lipinski definition) is 6. The van der Waals surface area contributed by atoms with E-state index in [-0.39, 0.29) is 18.2 Å². The van der Waals surface area contributed by atoms with Crippen LogP contribution in [0.2, 0.25) is 0 Å². The monoisotopic (exact) mass is 331 g/mol. The van der Waals surface area contributed by atoms with E-state index >= 15 is 0 Å². The molecule has 1 aromatic carbocycles. The molecule has 2 aliphatic heterocycles. The predicted molar refractivity (Wildman–Crippen MR) is 84.4 cm³/mol. The molecule has 1 saturated carbocycles. The van der Waals surface area contributed by atoms with Gasteiger partial charge in [-0.05, 0) is 38.1 Å². The minimum Gasteiger partial charge on any atom is -0.493 e. The highest BCUT2D eigenvalue weighted by Gasteiger charge is 2.75. The van der Waals surface area contributed by atoms with Crippen molar-refractivity contribution in [1.82, 2.24) is 4.90 Å². The van der Waals surface area contributed by atoms with Crippen LogP contribution in [0.25, 0.3) is 0 Å². The minimum absolute atomic E-state index is 0.0705. The molecule has 128 valence electrons. The summed E-state index contributed by atoms with van der Waals surface area (Å²) in [6.45, 7) is 0.753.